The third-order valence-electron chi connectivity index (χ3n) is 3.17. The summed E-state index contributed by atoms with van der Waals surface area (Å²) in [6, 6.07) is 3.16. The van der Waals surface area contributed by atoms with E-state index >= 15 is 0 Å². The Morgan fingerprint density at radius 3 is 2.55 bits per heavy atom. The van der Waals surface area contributed by atoms with Gasteiger partial charge in [0.1, 0.15) is 49.5 Å². The molecule has 3 atom stereocenters. The van der Waals surface area contributed by atoms with Crippen LogP contribution in [0, 0.1) is 0 Å². The quantitative estimate of drug-likeness (QED) is 0.520. The highest BCUT2D eigenvalue weighted by molar-refractivity contribution is 6.48. The van der Waals surface area contributed by atoms with Crippen LogP contribution < -0.4 is 25.7 Å². The molecule has 8 radical (unpaired) electrons. The van der Waals surface area contributed by atoms with E-state index in [2.05, 4.69) is 10.3 Å². The number of ether oxygens (including phenoxy) is 2. The zero-order valence-electron chi connectivity index (χ0n) is 10.5. The van der Waals surface area contributed by atoms with Gasteiger partial charge in [0.05, 0.1) is 0 Å². The van der Waals surface area contributed by atoms with Crippen molar-refractivity contribution >= 4 is 48.1 Å². The molecule has 1 aromatic carbocycles. The van der Waals surface area contributed by atoms with Gasteiger partial charge in [0.25, 0.3) is 0 Å². The highest BCUT2D eigenvalue weighted by Crippen LogP contribution is 2.30. The third-order valence-corrected chi connectivity index (χ3v) is 3.17. The lowest BCUT2D eigenvalue weighted by Gasteiger charge is -2.29. The van der Waals surface area contributed by atoms with Crippen molar-refractivity contribution in [3.8, 4) is 11.5 Å². The van der Waals surface area contributed by atoms with Crippen molar-refractivity contribution < 1.29 is 14.6 Å². The summed E-state index contributed by atoms with van der Waals surface area (Å²) in [6.07, 6.45) is -0.561. The molecular weight excluding hydrogens is 251 g/mol. The lowest BCUT2D eigenvalue weighted by molar-refractivity contribution is 0.109. The van der Waals surface area contributed by atoms with E-state index in [1.165, 1.54) is 0 Å². The molecule has 0 saturated carbocycles. The molecule has 5 nitrogen and oxygen atoms in total. The van der Waals surface area contributed by atoms with Gasteiger partial charge in [-0.3, -0.25) is 4.99 Å². The minimum atomic E-state index is -1.79. The Bertz CT molecular complexity index is 593. The van der Waals surface area contributed by atoms with Crippen molar-refractivity contribution in [3.05, 3.63) is 12.1 Å². The lowest BCUT2D eigenvalue weighted by atomic mass is 9.75. The Hall–Kier alpha value is -1.49. The standard InChI is InChI=1S/C11H8B4N2O3/c12-4-1-6-7(2-5(4)13)20-8(3-19-6)9-16-10(14)11(15,18)17-9/h1-2,8,10,18H,3H2,(H,16,17). The number of benzene rings is 1. The maximum absolute atomic E-state index is 9.73. The minimum Gasteiger partial charge on any atom is -0.485 e. The topological polar surface area (TPSA) is 63.1 Å². The largest absolute Gasteiger partial charge is 0.485 e. The number of hydrogen-bond donors (Lipinski definition) is 2. The van der Waals surface area contributed by atoms with Crippen molar-refractivity contribution in [3.63, 3.8) is 0 Å². The van der Waals surface area contributed by atoms with E-state index < -0.39 is 17.7 Å². The molecule has 0 spiro atoms. The summed E-state index contributed by atoms with van der Waals surface area (Å²) >= 11 is 0. The first-order valence-corrected chi connectivity index (χ1v) is 5.98. The van der Waals surface area contributed by atoms with Crippen molar-refractivity contribution in [1.29, 1.82) is 0 Å². The first kappa shape index (κ1) is 13.5. The Labute approximate surface area is 121 Å². The minimum absolute atomic E-state index is 0.186. The van der Waals surface area contributed by atoms with Gasteiger partial charge < -0.3 is 19.9 Å². The van der Waals surface area contributed by atoms with E-state index in [1.807, 2.05) is 0 Å². The molecule has 0 aromatic heterocycles. The molecule has 0 bridgehead atoms. The van der Waals surface area contributed by atoms with E-state index in [9.17, 15) is 5.11 Å². The van der Waals surface area contributed by atoms with Crippen molar-refractivity contribution in [2.45, 2.75) is 17.7 Å². The Morgan fingerprint density at radius 2 is 1.95 bits per heavy atom. The van der Waals surface area contributed by atoms with Crippen LogP contribution in [0.25, 0.3) is 0 Å². The molecule has 1 aromatic rings. The van der Waals surface area contributed by atoms with Crippen LogP contribution in [0.5, 0.6) is 11.5 Å². The molecule has 0 aliphatic carbocycles. The summed E-state index contributed by atoms with van der Waals surface area (Å²) in [6.45, 7) is 0.186. The van der Waals surface area contributed by atoms with Gasteiger partial charge >= 0.3 is 0 Å². The molecular formula is C11H8B4N2O3. The number of aliphatic imine (C=N–C) groups is 1. The number of nitrogens with zero attached hydrogens (tertiary/aromatic N) is 1. The summed E-state index contributed by atoms with van der Waals surface area (Å²) in [4.78, 5) is 4.03. The van der Waals surface area contributed by atoms with Gasteiger partial charge in [-0.05, 0) is 12.1 Å². The molecule has 9 heteroatoms. The Kier molecular flexibility index (Phi) is 3.05. The highest BCUT2D eigenvalue weighted by atomic mass is 16.6. The van der Waals surface area contributed by atoms with Gasteiger partial charge in [0, 0.05) is 5.94 Å². The van der Waals surface area contributed by atoms with Crippen LogP contribution in [0.3, 0.4) is 0 Å². The average molecular weight is 259 g/mol. The van der Waals surface area contributed by atoms with Crippen molar-refractivity contribution in [2.75, 3.05) is 6.61 Å². The predicted molar refractivity (Wildman–Crippen MR) is 77.9 cm³/mol. The molecule has 2 aliphatic rings. The first-order chi connectivity index (χ1) is 9.37. The SMILES string of the molecule is [B]c1cc2c(cc1[B])OC(C1=NC([B])C([B])(O)N1)CO2. The predicted octanol–water partition coefficient (Wildman–Crippen LogP) is -3.28. The van der Waals surface area contributed by atoms with Gasteiger partial charge in [-0.15, -0.1) is 0 Å². The van der Waals surface area contributed by atoms with Gasteiger partial charge in [-0.2, -0.15) is 0 Å². The zero-order valence-corrected chi connectivity index (χ0v) is 10.5. The van der Waals surface area contributed by atoms with Crippen molar-refractivity contribution in [2.24, 2.45) is 4.99 Å². The Morgan fingerprint density at radius 1 is 1.30 bits per heavy atom. The fraction of sp³-hybridized carbons (Fsp3) is 0.364. The second kappa shape index (κ2) is 4.52. The number of fused-ring (bicyclic) bond motifs is 1. The molecule has 2 aliphatic heterocycles. The molecule has 3 rings (SSSR count). The second-order valence-electron chi connectivity index (χ2n) is 4.75. The van der Waals surface area contributed by atoms with Crippen LogP contribution in [-0.4, -0.2) is 66.6 Å². The summed E-state index contributed by atoms with van der Waals surface area (Å²) in [7, 11) is 22.5. The van der Waals surface area contributed by atoms with Crippen LogP contribution >= 0.6 is 0 Å². The number of nitrogens with one attached hydrogen (secondary N) is 1. The molecule has 20 heavy (non-hydrogen) atoms. The van der Waals surface area contributed by atoms with Gasteiger partial charge in [-0.1, -0.05) is 10.9 Å². The molecule has 3 unspecified atom stereocenters. The summed E-state index contributed by atoms with van der Waals surface area (Å²) in [5, 5.41) is 12.3. The van der Waals surface area contributed by atoms with Crippen LogP contribution in [0.2, 0.25) is 0 Å². The molecule has 2 N–H and O–H groups in total. The monoisotopic (exact) mass is 260 g/mol. The van der Waals surface area contributed by atoms with Crippen molar-refractivity contribution in [1.82, 2.24) is 5.32 Å². The summed E-state index contributed by atoms with van der Waals surface area (Å²) in [5.74, 6) is 0.292. The third kappa shape index (κ3) is 2.20. The smallest absolute Gasteiger partial charge is 0.189 e. The maximum Gasteiger partial charge on any atom is 0.189 e. The normalized spacial score (nSPS) is 31.6. The van der Waals surface area contributed by atoms with E-state index in [0.29, 0.717) is 28.3 Å². The van der Waals surface area contributed by atoms with Crippen LogP contribution in [-0.2, 0) is 0 Å². The number of hydrogen-bond acceptors (Lipinski definition) is 5. The number of rotatable bonds is 1. The molecule has 92 valence electrons. The fourth-order valence-electron chi connectivity index (χ4n) is 2.01. The highest BCUT2D eigenvalue weighted by Gasteiger charge is 2.38. The Balaban J connectivity index is 1.83. The maximum atomic E-state index is 9.73. The van der Waals surface area contributed by atoms with Crippen LogP contribution in [0.1, 0.15) is 0 Å². The van der Waals surface area contributed by atoms with Crippen LogP contribution in [0.15, 0.2) is 17.1 Å². The van der Waals surface area contributed by atoms with E-state index in [0.717, 1.165) is 0 Å². The average Bonchev–Trinajstić information content (AvgIpc) is 2.65. The fourth-order valence-corrected chi connectivity index (χ4v) is 2.01. The van der Waals surface area contributed by atoms with Crippen LogP contribution in [0.4, 0.5) is 0 Å². The molecule has 0 saturated heterocycles. The number of aliphatic hydroxyl groups is 1. The van der Waals surface area contributed by atoms with Gasteiger partial charge in [-0.25, -0.2) is 0 Å². The zero-order chi connectivity index (χ0) is 14.5. The molecule has 2 heterocycles. The van der Waals surface area contributed by atoms with E-state index in [-0.39, 0.29) is 6.61 Å². The van der Waals surface area contributed by atoms with Gasteiger partial charge in [0.2, 0.25) is 0 Å². The van der Waals surface area contributed by atoms with Gasteiger partial charge in [0.15, 0.2) is 17.6 Å². The van der Waals surface area contributed by atoms with E-state index in [1.54, 1.807) is 12.1 Å². The first-order valence-electron chi connectivity index (χ1n) is 5.98. The molecule has 0 amide bonds. The summed E-state index contributed by atoms with van der Waals surface area (Å²) < 4.78 is 11.3. The van der Waals surface area contributed by atoms with E-state index in [4.69, 9.17) is 40.9 Å². The lowest BCUT2D eigenvalue weighted by Crippen LogP contribution is -2.54. The number of amidine groups is 1. The molecule has 0 fully saturated rings. The summed E-state index contributed by atoms with van der Waals surface area (Å²) in [5.41, 5.74) is -0.985. The second-order valence-corrected chi connectivity index (χ2v) is 4.75.